The van der Waals surface area contributed by atoms with Crippen LogP contribution in [0.1, 0.15) is 0 Å². The van der Waals surface area contributed by atoms with Crippen molar-refractivity contribution in [3.63, 3.8) is 0 Å². The van der Waals surface area contributed by atoms with Gasteiger partial charge in [0.1, 0.15) is 8.07 Å². The van der Waals surface area contributed by atoms with E-state index in [4.69, 9.17) is 4.74 Å². The molecule has 0 aromatic rings. The predicted molar refractivity (Wildman–Crippen MR) is 45.9 cm³/mol. The van der Waals surface area contributed by atoms with Crippen molar-refractivity contribution in [3.05, 3.63) is 0 Å². The summed E-state index contributed by atoms with van der Waals surface area (Å²) in [5.74, 6) is 2.58. The second kappa shape index (κ2) is 2.80. The summed E-state index contributed by atoms with van der Waals surface area (Å²) >= 11 is 0. The second-order valence-corrected chi connectivity index (χ2v) is 8.44. The van der Waals surface area contributed by atoms with Crippen LogP contribution in [0.3, 0.4) is 0 Å². The molecule has 1 rings (SSSR count). The molecule has 0 aromatic heterocycles. The zero-order valence-corrected chi connectivity index (χ0v) is 8.10. The van der Waals surface area contributed by atoms with Gasteiger partial charge in [0, 0.05) is 0 Å². The van der Waals surface area contributed by atoms with Crippen molar-refractivity contribution >= 4 is 13.9 Å². The molecule has 0 radical (unpaired) electrons. The molecule has 0 spiro atoms. The number of Topliss-reactive ketones (excluding diaryl/α,β-unsaturated/α-hetero) is 1. The van der Waals surface area contributed by atoms with Crippen LogP contribution in [0.5, 0.6) is 0 Å². The van der Waals surface area contributed by atoms with Gasteiger partial charge in [-0.2, -0.15) is 0 Å². The topological polar surface area (TPSA) is 29.6 Å². The number of hydrogen-bond donors (Lipinski definition) is 0. The first kappa shape index (κ1) is 8.50. The Balaban J connectivity index is 2.48. The molecule has 1 aliphatic heterocycles. The minimum Gasteiger partial charge on any atom is -0.364 e. The number of hydrogen-bond acceptors (Lipinski definition) is 2. The standard InChI is InChI=1S/C8H12O2Si/c1-11(2,3)5-4-7(9)8-6-10-8/h8H,6H2,1-3H3/t8-/m1/s1. The molecule has 0 bridgehead atoms. The van der Waals surface area contributed by atoms with Crippen molar-refractivity contribution in [1.29, 1.82) is 0 Å². The Morgan fingerprint density at radius 3 is 2.45 bits per heavy atom. The summed E-state index contributed by atoms with van der Waals surface area (Å²) < 4.78 is 4.80. The minimum atomic E-state index is -1.38. The molecule has 2 nitrogen and oxygen atoms in total. The van der Waals surface area contributed by atoms with Gasteiger partial charge in [0.05, 0.1) is 6.61 Å². The van der Waals surface area contributed by atoms with Gasteiger partial charge in [-0.3, -0.25) is 4.79 Å². The maximum Gasteiger partial charge on any atom is 0.235 e. The maximum absolute atomic E-state index is 11.0. The summed E-state index contributed by atoms with van der Waals surface area (Å²) in [6, 6.07) is 0. The van der Waals surface area contributed by atoms with E-state index in [1.165, 1.54) is 0 Å². The van der Waals surface area contributed by atoms with Crippen LogP contribution >= 0.6 is 0 Å². The molecule has 11 heavy (non-hydrogen) atoms. The van der Waals surface area contributed by atoms with Crippen molar-refractivity contribution in [3.8, 4) is 11.5 Å². The van der Waals surface area contributed by atoms with Crippen molar-refractivity contribution < 1.29 is 9.53 Å². The molecule has 1 heterocycles. The van der Waals surface area contributed by atoms with E-state index in [1.54, 1.807) is 0 Å². The van der Waals surface area contributed by atoms with Crippen LogP contribution in [0, 0.1) is 11.5 Å². The Morgan fingerprint density at radius 1 is 1.55 bits per heavy atom. The van der Waals surface area contributed by atoms with Gasteiger partial charge >= 0.3 is 0 Å². The third-order valence-electron chi connectivity index (χ3n) is 1.19. The number of carbonyl (C=O) groups excluding carboxylic acids is 1. The average Bonchev–Trinajstić information content (AvgIpc) is 2.61. The van der Waals surface area contributed by atoms with Crippen LogP contribution < -0.4 is 0 Å². The fraction of sp³-hybridized carbons (Fsp3) is 0.625. The summed E-state index contributed by atoms with van der Waals surface area (Å²) in [6.07, 6.45) is -0.196. The second-order valence-electron chi connectivity index (χ2n) is 3.69. The maximum atomic E-state index is 11.0. The number of epoxide rings is 1. The Kier molecular flexibility index (Phi) is 2.17. The fourth-order valence-electron chi connectivity index (χ4n) is 0.529. The Labute approximate surface area is 67.9 Å². The monoisotopic (exact) mass is 168 g/mol. The summed E-state index contributed by atoms with van der Waals surface area (Å²) in [6.45, 7) is 6.91. The Morgan fingerprint density at radius 2 is 2.09 bits per heavy atom. The summed E-state index contributed by atoms with van der Waals surface area (Å²) in [7, 11) is -1.38. The first-order valence-corrected chi connectivity index (χ1v) is 7.18. The molecule has 0 unspecified atom stereocenters. The molecule has 0 saturated carbocycles. The van der Waals surface area contributed by atoms with Crippen LogP contribution in [0.15, 0.2) is 0 Å². The third kappa shape index (κ3) is 3.35. The molecule has 1 fully saturated rings. The molecule has 1 atom stereocenters. The number of rotatable bonds is 1. The molecule has 0 N–H and O–H groups in total. The van der Waals surface area contributed by atoms with Crippen LogP contribution in [-0.2, 0) is 9.53 Å². The quantitative estimate of drug-likeness (QED) is 0.330. The lowest BCUT2D eigenvalue weighted by atomic mass is 10.3. The van der Waals surface area contributed by atoms with Crippen LogP contribution in [-0.4, -0.2) is 26.6 Å². The lowest BCUT2D eigenvalue weighted by molar-refractivity contribution is -0.114. The van der Waals surface area contributed by atoms with E-state index < -0.39 is 8.07 Å². The zero-order chi connectivity index (χ0) is 8.48. The van der Waals surface area contributed by atoms with Crippen LogP contribution in [0.4, 0.5) is 0 Å². The van der Waals surface area contributed by atoms with Gasteiger partial charge in [-0.25, -0.2) is 0 Å². The first-order chi connectivity index (χ1) is 4.99. The minimum absolute atomic E-state index is 0.0487. The smallest absolute Gasteiger partial charge is 0.235 e. The largest absolute Gasteiger partial charge is 0.364 e. The van der Waals surface area contributed by atoms with Gasteiger partial charge in [-0.1, -0.05) is 19.6 Å². The lowest BCUT2D eigenvalue weighted by Gasteiger charge is -2.02. The molecular formula is C8H12O2Si. The Hall–Kier alpha value is -0.593. The average molecular weight is 168 g/mol. The van der Waals surface area contributed by atoms with Crippen molar-refractivity contribution in [2.24, 2.45) is 0 Å². The normalized spacial score (nSPS) is 21.9. The van der Waals surface area contributed by atoms with Gasteiger partial charge in [0.15, 0.2) is 6.10 Å². The third-order valence-corrected chi connectivity index (χ3v) is 2.06. The molecule has 1 aliphatic rings. The van der Waals surface area contributed by atoms with E-state index in [2.05, 4.69) is 31.1 Å². The molecule has 60 valence electrons. The highest BCUT2D eigenvalue weighted by Crippen LogP contribution is 2.09. The molecule has 1 saturated heterocycles. The fourth-order valence-corrected chi connectivity index (χ4v) is 1.03. The van der Waals surface area contributed by atoms with Crippen molar-refractivity contribution in [2.45, 2.75) is 25.7 Å². The van der Waals surface area contributed by atoms with Gasteiger partial charge < -0.3 is 4.74 Å². The van der Waals surface area contributed by atoms with E-state index in [9.17, 15) is 4.79 Å². The van der Waals surface area contributed by atoms with Crippen LogP contribution in [0.25, 0.3) is 0 Å². The number of carbonyl (C=O) groups is 1. The van der Waals surface area contributed by atoms with E-state index in [0.717, 1.165) is 0 Å². The molecule has 0 aromatic carbocycles. The van der Waals surface area contributed by atoms with Gasteiger partial charge in [-0.05, 0) is 5.92 Å². The molecule has 3 heteroatoms. The van der Waals surface area contributed by atoms with E-state index >= 15 is 0 Å². The zero-order valence-electron chi connectivity index (χ0n) is 7.10. The SMILES string of the molecule is C[Si](C)(C)C#CC(=O)[C@H]1CO1. The van der Waals surface area contributed by atoms with Gasteiger partial charge in [0.25, 0.3) is 0 Å². The molecular weight excluding hydrogens is 156 g/mol. The van der Waals surface area contributed by atoms with Gasteiger partial charge in [-0.15, -0.1) is 5.54 Å². The summed E-state index contributed by atoms with van der Waals surface area (Å²) in [5, 5.41) is 0. The highest BCUT2D eigenvalue weighted by molar-refractivity contribution is 6.84. The summed E-state index contributed by atoms with van der Waals surface area (Å²) in [4.78, 5) is 11.0. The van der Waals surface area contributed by atoms with Crippen molar-refractivity contribution in [1.82, 2.24) is 0 Å². The van der Waals surface area contributed by atoms with E-state index in [1.807, 2.05) is 0 Å². The predicted octanol–water partition coefficient (Wildman–Crippen LogP) is 0.835. The Bertz CT molecular complexity index is 225. The molecule has 0 amide bonds. The first-order valence-electron chi connectivity index (χ1n) is 3.68. The molecule has 0 aliphatic carbocycles. The van der Waals surface area contributed by atoms with Crippen LogP contribution in [0.2, 0.25) is 19.6 Å². The highest BCUT2D eigenvalue weighted by atomic mass is 28.3. The number of ketones is 1. The summed E-state index contributed by atoms with van der Waals surface area (Å²) in [5.41, 5.74) is 3.00. The lowest BCUT2D eigenvalue weighted by Crippen LogP contribution is -2.17. The van der Waals surface area contributed by atoms with E-state index in [-0.39, 0.29) is 11.9 Å². The highest BCUT2D eigenvalue weighted by Gasteiger charge is 2.29. The van der Waals surface area contributed by atoms with Crippen molar-refractivity contribution in [2.75, 3.05) is 6.61 Å². The van der Waals surface area contributed by atoms with E-state index in [0.29, 0.717) is 6.61 Å². The number of ether oxygens (including phenoxy) is 1. The van der Waals surface area contributed by atoms with Gasteiger partial charge in [0.2, 0.25) is 5.78 Å².